The van der Waals surface area contributed by atoms with Gasteiger partial charge in [0.2, 0.25) is 0 Å². The van der Waals surface area contributed by atoms with Crippen molar-refractivity contribution in [1.82, 2.24) is 0 Å². The predicted octanol–water partition coefficient (Wildman–Crippen LogP) is 3.19. The summed E-state index contributed by atoms with van der Waals surface area (Å²) in [6.45, 7) is 0. The van der Waals surface area contributed by atoms with Crippen LogP contribution in [0.2, 0.25) is 0 Å². The maximum atomic E-state index is 12.8. The normalized spacial score (nSPS) is 10.6. The van der Waals surface area contributed by atoms with Crippen LogP contribution in [0.15, 0.2) is 60.3 Å². The summed E-state index contributed by atoms with van der Waals surface area (Å²) in [5.41, 5.74) is -0.0273. The van der Waals surface area contributed by atoms with E-state index in [-0.39, 0.29) is 16.9 Å². The van der Waals surface area contributed by atoms with Gasteiger partial charge in [0.05, 0.1) is 4.92 Å². The summed E-state index contributed by atoms with van der Waals surface area (Å²) < 4.78 is 12.8. The van der Waals surface area contributed by atoms with Gasteiger partial charge in [0, 0.05) is 18.0 Å². The molecule has 120 valence electrons. The number of anilines is 2. The number of halogens is 1. The molecule has 8 heteroatoms. The lowest BCUT2D eigenvalue weighted by molar-refractivity contribution is -0.383. The molecule has 0 atom stereocenters. The Balaban J connectivity index is 2.15. The van der Waals surface area contributed by atoms with Crippen molar-refractivity contribution in [2.24, 2.45) is 0 Å². The van der Waals surface area contributed by atoms with Crippen molar-refractivity contribution in [3.63, 3.8) is 0 Å². The molecular formula is C16H11FN4O3. The van der Waals surface area contributed by atoms with Crippen LogP contribution in [0.25, 0.3) is 0 Å². The number of nitrogens with zero attached hydrogens (tertiary/aromatic N) is 2. The fourth-order valence-corrected chi connectivity index (χ4v) is 1.79. The molecule has 2 N–H and O–H groups in total. The molecular weight excluding hydrogens is 315 g/mol. The summed E-state index contributed by atoms with van der Waals surface area (Å²) in [7, 11) is 0. The Labute approximate surface area is 136 Å². The number of nitriles is 1. The van der Waals surface area contributed by atoms with Crippen molar-refractivity contribution in [1.29, 1.82) is 5.26 Å². The summed E-state index contributed by atoms with van der Waals surface area (Å²) >= 11 is 0. The topological polar surface area (TPSA) is 108 Å². The molecule has 24 heavy (non-hydrogen) atoms. The lowest BCUT2D eigenvalue weighted by Crippen LogP contribution is -2.14. The SMILES string of the molecule is N#C/C(=C/Nc1ccccc1[N+](=O)[O-])C(=O)Nc1ccc(F)cc1. The maximum Gasteiger partial charge on any atom is 0.292 e. The second-order valence-electron chi connectivity index (χ2n) is 4.55. The first-order valence-electron chi connectivity index (χ1n) is 6.68. The van der Waals surface area contributed by atoms with E-state index in [4.69, 9.17) is 5.26 Å². The Morgan fingerprint density at radius 1 is 1.21 bits per heavy atom. The standard InChI is InChI=1S/C16H11FN4O3/c17-12-5-7-13(8-6-12)20-16(22)11(9-18)10-19-14-3-1-2-4-15(14)21(23)24/h1-8,10,19H,(H,20,22)/b11-10-. The molecule has 2 aromatic carbocycles. The average Bonchev–Trinajstić information content (AvgIpc) is 2.57. The monoisotopic (exact) mass is 326 g/mol. The van der Waals surface area contributed by atoms with E-state index < -0.39 is 16.6 Å². The van der Waals surface area contributed by atoms with Gasteiger partial charge in [0.1, 0.15) is 23.1 Å². The zero-order valence-electron chi connectivity index (χ0n) is 12.2. The van der Waals surface area contributed by atoms with E-state index in [0.717, 1.165) is 18.3 Å². The Kier molecular flexibility index (Phi) is 5.20. The van der Waals surface area contributed by atoms with E-state index in [1.807, 2.05) is 0 Å². The zero-order valence-corrected chi connectivity index (χ0v) is 12.2. The van der Waals surface area contributed by atoms with E-state index in [2.05, 4.69) is 10.6 Å². The van der Waals surface area contributed by atoms with Gasteiger partial charge in [-0.1, -0.05) is 12.1 Å². The van der Waals surface area contributed by atoms with Gasteiger partial charge < -0.3 is 10.6 Å². The molecule has 0 saturated heterocycles. The molecule has 0 aliphatic rings. The molecule has 0 aliphatic carbocycles. The van der Waals surface area contributed by atoms with Crippen molar-refractivity contribution < 1.29 is 14.1 Å². The Morgan fingerprint density at radius 2 is 1.88 bits per heavy atom. The van der Waals surface area contributed by atoms with Crippen LogP contribution in [-0.4, -0.2) is 10.8 Å². The molecule has 0 bridgehead atoms. The van der Waals surface area contributed by atoms with Gasteiger partial charge in [-0.3, -0.25) is 14.9 Å². The van der Waals surface area contributed by atoms with Gasteiger partial charge in [0.15, 0.2) is 0 Å². The Bertz CT molecular complexity index is 841. The lowest BCUT2D eigenvalue weighted by atomic mass is 10.2. The molecule has 7 nitrogen and oxygen atoms in total. The quantitative estimate of drug-likeness (QED) is 0.380. The Morgan fingerprint density at radius 3 is 2.50 bits per heavy atom. The fourth-order valence-electron chi connectivity index (χ4n) is 1.79. The second-order valence-corrected chi connectivity index (χ2v) is 4.55. The molecule has 0 heterocycles. The number of nitro benzene ring substituents is 1. The highest BCUT2D eigenvalue weighted by molar-refractivity contribution is 6.06. The van der Waals surface area contributed by atoms with Gasteiger partial charge in [-0.2, -0.15) is 5.26 Å². The first-order chi connectivity index (χ1) is 11.5. The van der Waals surface area contributed by atoms with Crippen LogP contribution < -0.4 is 10.6 Å². The highest BCUT2D eigenvalue weighted by Crippen LogP contribution is 2.23. The number of carbonyl (C=O) groups is 1. The first kappa shape index (κ1) is 16.6. The van der Waals surface area contributed by atoms with Crippen molar-refractivity contribution in [3.05, 3.63) is 76.2 Å². The van der Waals surface area contributed by atoms with Crippen LogP contribution in [0.5, 0.6) is 0 Å². The molecule has 0 unspecified atom stereocenters. The third-order valence-corrected chi connectivity index (χ3v) is 2.94. The molecule has 2 rings (SSSR count). The number of nitro groups is 1. The third-order valence-electron chi connectivity index (χ3n) is 2.94. The third kappa shape index (κ3) is 4.14. The minimum Gasteiger partial charge on any atom is -0.355 e. The van der Waals surface area contributed by atoms with E-state index >= 15 is 0 Å². The van der Waals surface area contributed by atoms with Crippen molar-refractivity contribution in [3.8, 4) is 6.07 Å². The number of hydrogen-bond donors (Lipinski definition) is 2. The van der Waals surface area contributed by atoms with Crippen molar-refractivity contribution >= 4 is 23.0 Å². The predicted molar refractivity (Wildman–Crippen MR) is 85.4 cm³/mol. The summed E-state index contributed by atoms with van der Waals surface area (Å²) in [4.78, 5) is 22.3. The van der Waals surface area contributed by atoms with Gasteiger partial charge in [-0.15, -0.1) is 0 Å². The van der Waals surface area contributed by atoms with Crippen LogP contribution in [-0.2, 0) is 4.79 Å². The van der Waals surface area contributed by atoms with E-state index in [1.54, 1.807) is 12.1 Å². The first-order valence-corrected chi connectivity index (χ1v) is 6.68. The minimum absolute atomic E-state index is 0.143. The van der Waals surface area contributed by atoms with Crippen LogP contribution >= 0.6 is 0 Å². The molecule has 2 aromatic rings. The van der Waals surface area contributed by atoms with Crippen molar-refractivity contribution in [2.45, 2.75) is 0 Å². The highest BCUT2D eigenvalue weighted by Gasteiger charge is 2.13. The van der Waals surface area contributed by atoms with Gasteiger partial charge in [-0.25, -0.2) is 4.39 Å². The van der Waals surface area contributed by atoms with E-state index in [1.165, 1.54) is 30.3 Å². The smallest absolute Gasteiger partial charge is 0.292 e. The molecule has 0 aromatic heterocycles. The number of benzene rings is 2. The fraction of sp³-hybridized carbons (Fsp3) is 0. The number of rotatable bonds is 5. The zero-order chi connectivity index (χ0) is 17.5. The van der Waals surface area contributed by atoms with Crippen LogP contribution in [0, 0.1) is 27.3 Å². The lowest BCUT2D eigenvalue weighted by Gasteiger charge is -2.05. The summed E-state index contributed by atoms with van der Waals surface area (Å²) in [5, 5.41) is 25.0. The molecule has 0 radical (unpaired) electrons. The van der Waals surface area contributed by atoms with Gasteiger partial charge in [-0.05, 0) is 30.3 Å². The van der Waals surface area contributed by atoms with Gasteiger partial charge >= 0.3 is 0 Å². The second kappa shape index (κ2) is 7.51. The highest BCUT2D eigenvalue weighted by atomic mass is 19.1. The molecule has 1 amide bonds. The van der Waals surface area contributed by atoms with E-state index in [9.17, 15) is 19.3 Å². The Hall–Kier alpha value is -3.73. The average molecular weight is 326 g/mol. The van der Waals surface area contributed by atoms with Crippen molar-refractivity contribution in [2.75, 3.05) is 10.6 Å². The van der Waals surface area contributed by atoms with Gasteiger partial charge in [0.25, 0.3) is 11.6 Å². The van der Waals surface area contributed by atoms with Crippen LogP contribution in [0.1, 0.15) is 0 Å². The summed E-state index contributed by atoms with van der Waals surface area (Å²) in [6.07, 6.45) is 1.07. The number of para-hydroxylation sites is 2. The number of hydrogen-bond acceptors (Lipinski definition) is 5. The van der Waals surface area contributed by atoms with E-state index in [0.29, 0.717) is 5.69 Å². The van der Waals surface area contributed by atoms with Crippen LogP contribution in [0.4, 0.5) is 21.5 Å². The molecule has 0 saturated carbocycles. The molecule has 0 spiro atoms. The maximum absolute atomic E-state index is 12.8. The number of nitrogens with one attached hydrogen (secondary N) is 2. The summed E-state index contributed by atoms with van der Waals surface area (Å²) in [6, 6.07) is 12.5. The largest absolute Gasteiger partial charge is 0.355 e. The van der Waals surface area contributed by atoms with Crippen LogP contribution in [0.3, 0.4) is 0 Å². The summed E-state index contributed by atoms with van der Waals surface area (Å²) in [5.74, 6) is -1.18. The molecule has 0 fully saturated rings. The minimum atomic E-state index is -0.727. The number of carbonyl (C=O) groups excluding carboxylic acids is 1. The number of amides is 1. The molecule has 0 aliphatic heterocycles.